The van der Waals surface area contributed by atoms with Gasteiger partial charge in [0.05, 0.1) is 6.10 Å². The van der Waals surface area contributed by atoms with E-state index in [0.717, 1.165) is 12.8 Å². The number of ketones is 1. The van der Waals surface area contributed by atoms with Gasteiger partial charge in [-0.25, -0.2) is 0 Å². The standard InChI is InChI=1S/C21H38O2Si/c1-7-8-11-16-15-10-9-13-21(16)14-12-17(18(21)19(15)22)23-24(5,6)20(2,3)4/h15-18H,7-14H2,1-6H3/t15-,16+,17-,18+,21-/m0/s1. The molecule has 2 bridgehead atoms. The van der Waals surface area contributed by atoms with Crippen molar-refractivity contribution < 1.29 is 9.22 Å². The summed E-state index contributed by atoms with van der Waals surface area (Å²) in [6.07, 6.45) is 10.1. The van der Waals surface area contributed by atoms with Crippen molar-refractivity contribution in [3.8, 4) is 0 Å². The van der Waals surface area contributed by atoms with Crippen molar-refractivity contribution in [3.05, 3.63) is 0 Å². The van der Waals surface area contributed by atoms with Crippen LogP contribution in [0.5, 0.6) is 0 Å². The fourth-order valence-corrected chi connectivity index (χ4v) is 7.24. The first-order chi connectivity index (χ1) is 11.1. The lowest BCUT2D eigenvalue weighted by Gasteiger charge is -2.42. The van der Waals surface area contributed by atoms with E-state index in [0.29, 0.717) is 23.0 Å². The van der Waals surface area contributed by atoms with Crippen LogP contribution >= 0.6 is 0 Å². The predicted octanol–water partition coefficient (Wildman–Crippen LogP) is 5.96. The highest BCUT2D eigenvalue weighted by Gasteiger charge is 2.66. The Morgan fingerprint density at radius 2 is 1.92 bits per heavy atom. The summed E-state index contributed by atoms with van der Waals surface area (Å²) in [6.45, 7) is 13.9. The molecule has 3 fully saturated rings. The lowest BCUT2D eigenvalue weighted by atomic mass is 9.63. The molecule has 2 nitrogen and oxygen atoms in total. The van der Waals surface area contributed by atoms with Gasteiger partial charge in [0.15, 0.2) is 8.32 Å². The van der Waals surface area contributed by atoms with E-state index in [4.69, 9.17) is 4.43 Å². The fraction of sp³-hybridized carbons (Fsp3) is 0.952. The van der Waals surface area contributed by atoms with E-state index in [1.807, 2.05) is 0 Å². The van der Waals surface area contributed by atoms with Gasteiger partial charge in [0.2, 0.25) is 0 Å². The first-order valence-corrected chi connectivity index (χ1v) is 13.3. The van der Waals surface area contributed by atoms with Gasteiger partial charge in [-0.2, -0.15) is 0 Å². The lowest BCUT2D eigenvalue weighted by molar-refractivity contribution is -0.126. The smallest absolute Gasteiger partial charge is 0.192 e. The lowest BCUT2D eigenvalue weighted by Crippen LogP contribution is -2.46. The van der Waals surface area contributed by atoms with E-state index in [1.54, 1.807) is 0 Å². The van der Waals surface area contributed by atoms with Crippen LogP contribution in [0.3, 0.4) is 0 Å². The van der Waals surface area contributed by atoms with Gasteiger partial charge in [0, 0.05) is 11.8 Å². The molecule has 3 aliphatic rings. The molecule has 0 aromatic rings. The van der Waals surface area contributed by atoms with E-state index in [1.165, 1.54) is 38.5 Å². The molecule has 0 radical (unpaired) electrons. The molecule has 24 heavy (non-hydrogen) atoms. The predicted molar refractivity (Wildman–Crippen MR) is 103 cm³/mol. The Bertz CT molecular complexity index is 493. The zero-order valence-corrected chi connectivity index (χ0v) is 17.8. The fourth-order valence-electron chi connectivity index (χ4n) is 5.87. The highest BCUT2D eigenvalue weighted by Crippen LogP contribution is 2.66. The van der Waals surface area contributed by atoms with E-state index in [2.05, 4.69) is 40.8 Å². The largest absolute Gasteiger partial charge is 0.413 e. The number of Topliss-reactive ketones (excluding diaryl/α,β-unsaturated/α-hetero) is 1. The van der Waals surface area contributed by atoms with E-state index < -0.39 is 8.32 Å². The average Bonchev–Trinajstić information content (AvgIpc) is 2.87. The Morgan fingerprint density at radius 3 is 2.54 bits per heavy atom. The molecule has 3 saturated carbocycles. The SMILES string of the molecule is CCCC[C@@H]1[C@@H]2CCC[C@]13CC[C@H](O[Si](C)(C)C(C)(C)C)[C@@H]3C2=O. The van der Waals surface area contributed by atoms with Crippen LogP contribution in [0.1, 0.15) is 79.1 Å². The summed E-state index contributed by atoms with van der Waals surface area (Å²) in [5.74, 6) is 1.84. The van der Waals surface area contributed by atoms with Crippen LogP contribution < -0.4 is 0 Å². The minimum absolute atomic E-state index is 0.214. The van der Waals surface area contributed by atoms with Crippen LogP contribution in [0.25, 0.3) is 0 Å². The molecule has 0 N–H and O–H groups in total. The third-order valence-corrected chi connectivity index (χ3v) is 12.6. The van der Waals surface area contributed by atoms with Crippen LogP contribution in [0.2, 0.25) is 18.1 Å². The average molecular weight is 351 g/mol. The van der Waals surface area contributed by atoms with Gasteiger partial charge in [-0.15, -0.1) is 0 Å². The molecule has 0 amide bonds. The first-order valence-electron chi connectivity index (χ1n) is 10.4. The molecule has 3 heteroatoms. The van der Waals surface area contributed by atoms with Crippen LogP contribution in [-0.2, 0) is 9.22 Å². The number of fused-ring (bicyclic) bond motifs is 1. The Balaban J connectivity index is 1.85. The van der Waals surface area contributed by atoms with E-state index in [-0.39, 0.29) is 17.1 Å². The van der Waals surface area contributed by atoms with Crippen LogP contribution in [0, 0.1) is 23.2 Å². The minimum atomic E-state index is -1.81. The van der Waals surface area contributed by atoms with Crippen molar-refractivity contribution in [1.82, 2.24) is 0 Å². The minimum Gasteiger partial charge on any atom is -0.413 e. The Kier molecular flexibility index (Phi) is 4.83. The third kappa shape index (κ3) is 2.74. The number of carbonyl (C=O) groups is 1. The molecule has 138 valence electrons. The summed E-state index contributed by atoms with van der Waals surface area (Å²) in [4.78, 5) is 13.3. The van der Waals surface area contributed by atoms with Crippen molar-refractivity contribution in [2.45, 2.75) is 103 Å². The van der Waals surface area contributed by atoms with E-state index >= 15 is 0 Å². The molecule has 0 aliphatic heterocycles. The molecular formula is C21H38O2Si. The van der Waals surface area contributed by atoms with Crippen LogP contribution in [0.15, 0.2) is 0 Å². The number of hydrogen-bond acceptors (Lipinski definition) is 2. The van der Waals surface area contributed by atoms with Gasteiger partial charge in [-0.1, -0.05) is 47.0 Å². The topological polar surface area (TPSA) is 26.3 Å². The van der Waals surface area contributed by atoms with Crippen molar-refractivity contribution in [1.29, 1.82) is 0 Å². The molecule has 0 aromatic heterocycles. The van der Waals surface area contributed by atoms with Gasteiger partial charge in [0.1, 0.15) is 5.78 Å². The third-order valence-electron chi connectivity index (χ3n) is 8.06. The summed E-state index contributed by atoms with van der Waals surface area (Å²) in [5.41, 5.74) is 0.308. The summed E-state index contributed by atoms with van der Waals surface area (Å²) in [7, 11) is -1.81. The summed E-state index contributed by atoms with van der Waals surface area (Å²) in [5, 5.41) is 0.223. The molecule has 3 rings (SSSR count). The Labute approximate surface area is 150 Å². The highest BCUT2D eigenvalue weighted by molar-refractivity contribution is 6.74. The van der Waals surface area contributed by atoms with Gasteiger partial charge in [-0.05, 0) is 61.6 Å². The zero-order chi connectivity index (χ0) is 17.8. The second kappa shape index (κ2) is 6.23. The molecule has 0 saturated heterocycles. The van der Waals surface area contributed by atoms with Crippen LogP contribution in [0.4, 0.5) is 0 Å². The molecule has 1 spiro atoms. The summed E-state index contributed by atoms with van der Waals surface area (Å²) < 4.78 is 6.82. The number of unbranched alkanes of at least 4 members (excludes halogenated alkanes) is 1. The van der Waals surface area contributed by atoms with Crippen molar-refractivity contribution in [2.24, 2.45) is 23.2 Å². The van der Waals surface area contributed by atoms with Crippen LogP contribution in [-0.4, -0.2) is 20.2 Å². The van der Waals surface area contributed by atoms with Gasteiger partial charge in [0.25, 0.3) is 0 Å². The van der Waals surface area contributed by atoms with E-state index in [9.17, 15) is 4.79 Å². The molecule has 5 atom stereocenters. The number of carbonyl (C=O) groups excluding carboxylic acids is 1. The Morgan fingerprint density at radius 1 is 1.21 bits per heavy atom. The van der Waals surface area contributed by atoms with Gasteiger partial charge >= 0.3 is 0 Å². The highest BCUT2D eigenvalue weighted by atomic mass is 28.4. The first kappa shape index (κ1) is 18.6. The molecule has 3 aliphatic carbocycles. The van der Waals surface area contributed by atoms with Crippen molar-refractivity contribution >= 4 is 14.1 Å². The van der Waals surface area contributed by atoms with Gasteiger partial charge < -0.3 is 4.43 Å². The maximum atomic E-state index is 13.3. The summed E-state index contributed by atoms with van der Waals surface area (Å²) >= 11 is 0. The quantitative estimate of drug-likeness (QED) is 0.572. The second-order valence-corrected chi connectivity index (χ2v) is 15.1. The van der Waals surface area contributed by atoms with Crippen molar-refractivity contribution in [2.75, 3.05) is 0 Å². The molecule has 0 aromatic carbocycles. The maximum absolute atomic E-state index is 13.3. The monoisotopic (exact) mass is 350 g/mol. The number of rotatable bonds is 5. The molecule has 0 heterocycles. The maximum Gasteiger partial charge on any atom is 0.192 e. The normalized spacial score (nSPS) is 39.3. The van der Waals surface area contributed by atoms with Gasteiger partial charge in [-0.3, -0.25) is 4.79 Å². The second-order valence-electron chi connectivity index (χ2n) is 10.3. The Hall–Kier alpha value is -0.153. The zero-order valence-electron chi connectivity index (χ0n) is 16.8. The number of hydrogen-bond donors (Lipinski definition) is 0. The molecule has 0 unspecified atom stereocenters. The molecular weight excluding hydrogens is 312 g/mol. The van der Waals surface area contributed by atoms with Crippen molar-refractivity contribution in [3.63, 3.8) is 0 Å². The summed E-state index contributed by atoms with van der Waals surface area (Å²) in [6, 6.07) is 0.